The van der Waals surface area contributed by atoms with Gasteiger partial charge in [-0.1, -0.05) is 31.4 Å². The molecule has 1 aromatic rings. The van der Waals surface area contributed by atoms with Crippen LogP contribution < -0.4 is 10.1 Å². The third-order valence-electron chi connectivity index (χ3n) is 4.04. The maximum absolute atomic E-state index is 11.4. The van der Waals surface area contributed by atoms with Crippen LogP contribution in [0.15, 0.2) is 24.3 Å². The van der Waals surface area contributed by atoms with Gasteiger partial charge in [-0.05, 0) is 30.5 Å². The molecule has 0 heterocycles. The van der Waals surface area contributed by atoms with Gasteiger partial charge in [0.25, 0.3) is 0 Å². The molecule has 1 fully saturated rings. The van der Waals surface area contributed by atoms with Crippen LogP contribution in [0.4, 0.5) is 0 Å². The number of aliphatic carboxylic acids is 1. The highest BCUT2D eigenvalue weighted by Gasteiger charge is 2.28. The van der Waals surface area contributed by atoms with E-state index in [0.717, 1.165) is 43.4 Å². The Hall–Kier alpha value is -1.55. The molecule has 0 bridgehead atoms. The summed E-state index contributed by atoms with van der Waals surface area (Å²) in [6.07, 6.45) is 5.00. The standard InChI is InChI=1S/C16H23NO3/c1-20-13-7-5-6-12(10-13)11-17-15-9-4-2-3-8-14(15)16(18)19/h5-7,10,14-15,17H,2-4,8-9,11H2,1H3,(H,18,19)/t14-,15+/m1/s1. The molecule has 0 radical (unpaired) electrons. The molecule has 1 aliphatic carbocycles. The molecule has 0 saturated heterocycles. The predicted molar refractivity (Wildman–Crippen MR) is 77.8 cm³/mol. The Balaban J connectivity index is 1.97. The van der Waals surface area contributed by atoms with E-state index in [1.165, 1.54) is 0 Å². The highest BCUT2D eigenvalue weighted by molar-refractivity contribution is 5.70. The van der Waals surface area contributed by atoms with Gasteiger partial charge in [-0.2, -0.15) is 0 Å². The summed E-state index contributed by atoms with van der Waals surface area (Å²) in [5.41, 5.74) is 1.12. The molecule has 0 spiro atoms. The molecule has 0 amide bonds. The second-order valence-corrected chi connectivity index (χ2v) is 5.42. The quantitative estimate of drug-likeness (QED) is 0.813. The topological polar surface area (TPSA) is 58.6 Å². The van der Waals surface area contributed by atoms with Gasteiger partial charge in [0.05, 0.1) is 13.0 Å². The number of methoxy groups -OCH3 is 1. The second kappa shape index (κ2) is 7.29. The Morgan fingerprint density at radius 2 is 2.15 bits per heavy atom. The molecule has 0 aromatic heterocycles. The number of carbonyl (C=O) groups is 1. The lowest BCUT2D eigenvalue weighted by Crippen LogP contribution is -2.39. The SMILES string of the molecule is COc1cccc(CN[C@H]2CCCCC[C@H]2C(=O)O)c1. The summed E-state index contributed by atoms with van der Waals surface area (Å²) >= 11 is 0. The largest absolute Gasteiger partial charge is 0.497 e. The number of hydrogen-bond acceptors (Lipinski definition) is 3. The zero-order valence-corrected chi connectivity index (χ0v) is 12.0. The van der Waals surface area contributed by atoms with E-state index in [1.807, 2.05) is 24.3 Å². The maximum Gasteiger partial charge on any atom is 0.308 e. The van der Waals surface area contributed by atoms with Crippen molar-refractivity contribution in [2.75, 3.05) is 7.11 Å². The smallest absolute Gasteiger partial charge is 0.308 e. The van der Waals surface area contributed by atoms with Crippen LogP contribution in [0.5, 0.6) is 5.75 Å². The van der Waals surface area contributed by atoms with E-state index < -0.39 is 5.97 Å². The van der Waals surface area contributed by atoms with E-state index in [1.54, 1.807) is 7.11 Å². The summed E-state index contributed by atoms with van der Waals surface area (Å²) in [7, 11) is 1.65. The molecule has 4 nitrogen and oxygen atoms in total. The fourth-order valence-electron chi connectivity index (χ4n) is 2.88. The highest BCUT2D eigenvalue weighted by atomic mass is 16.5. The van der Waals surface area contributed by atoms with Crippen molar-refractivity contribution in [3.8, 4) is 5.75 Å². The van der Waals surface area contributed by atoms with Gasteiger partial charge in [0.1, 0.15) is 5.75 Å². The maximum atomic E-state index is 11.4. The van der Waals surface area contributed by atoms with Crippen molar-refractivity contribution in [3.63, 3.8) is 0 Å². The van der Waals surface area contributed by atoms with Gasteiger partial charge in [0, 0.05) is 12.6 Å². The average molecular weight is 277 g/mol. The van der Waals surface area contributed by atoms with Gasteiger partial charge < -0.3 is 15.2 Å². The molecule has 0 aliphatic heterocycles. The van der Waals surface area contributed by atoms with Crippen molar-refractivity contribution in [2.45, 2.75) is 44.7 Å². The van der Waals surface area contributed by atoms with Crippen LogP contribution in [-0.4, -0.2) is 24.2 Å². The van der Waals surface area contributed by atoms with E-state index in [9.17, 15) is 9.90 Å². The van der Waals surface area contributed by atoms with Crippen LogP contribution >= 0.6 is 0 Å². The van der Waals surface area contributed by atoms with Gasteiger partial charge in [-0.25, -0.2) is 0 Å². The molecule has 2 N–H and O–H groups in total. The number of carboxylic acid groups (broad SMARTS) is 1. The van der Waals surface area contributed by atoms with Crippen molar-refractivity contribution < 1.29 is 14.6 Å². The van der Waals surface area contributed by atoms with Gasteiger partial charge in [0.15, 0.2) is 0 Å². The molecule has 4 heteroatoms. The van der Waals surface area contributed by atoms with Crippen molar-refractivity contribution in [2.24, 2.45) is 5.92 Å². The predicted octanol–water partition coefficient (Wildman–Crippen LogP) is 2.82. The third kappa shape index (κ3) is 3.97. The summed E-state index contributed by atoms with van der Waals surface area (Å²) in [6, 6.07) is 7.95. The number of nitrogens with one attached hydrogen (secondary N) is 1. The summed E-state index contributed by atoms with van der Waals surface area (Å²) in [4.78, 5) is 11.4. The summed E-state index contributed by atoms with van der Waals surface area (Å²) in [6.45, 7) is 0.686. The van der Waals surface area contributed by atoms with E-state index >= 15 is 0 Å². The Morgan fingerprint density at radius 1 is 1.35 bits per heavy atom. The minimum Gasteiger partial charge on any atom is -0.497 e. The first-order valence-electron chi connectivity index (χ1n) is 7.30. The third-order valence-corrected chi connectivity index (χ3v) is 4.04. The van der Waals surface area contributed by atoms with Gasteiger partial charge in [0.2, 0.25) is 0 Å². The zero-order chi connectivity index (χ0) is 14.4. The lowest BCUT2D eigenvalue weighted by Gasteiger charge is -2.23. The molecule has 1 aliphatic rings. The van der Waals surface area contributed by atoms with E-state index in [-0.39, 0.29) is 12.0 Å². The van der Waals surface area contributed by atoms with E-state index in [0.29, 0.717) is 6.54 Å². The van der Waals surface area contributed by atoms with Crippen molar-refractivity contribution in [1.82, 2.24) is 5.32 Å². The number of carboxylic acids is 1. The van der Waals surface area contributed by atoms with E-state index in [4.69, 9.17) is 4.74 Å². The van der Waals surface area contributed by atoms with Crippen LogP contribution in [0.1, 0.15) is 37.7 Å². The summed E-state index contributed by atoms with van der Waals surface area (Å²) in [5, 5.41) is 12.8. The minimum atomic E-state index is -0.671. The normalized spacial score (nSPS) is 23.1. The fourth-order valence-corrected chi connectivity index (χ4v) is 2.88. The molecule has 2 rings (SSSR count). The van der Waals surface area contributed by atoms with Gasteiger partial charge in [-0.15, -0.1) is 0 Å². The van der Waals surface area contributed by atoms with Gasteiger partial charge in [-0.3, -0.25) is 4.79 Å². The first-order valence-corrected chi connectivity index (χ1v) is 7.30. The lowest BCUT2D eigenvalue weighted by molar-refractivity contribution is -0.143. The minimum absolute atomic E-state index is 0.0706. The van der Waals surface area contributed by atoms with E-state index in [2.05, 4.69) is 5.32 Å². The van der Waals surface area contributed by atoms with Gasteiger partial charge >= 0.3 is 5.97 Å². The molecule has 110 valence electrons. The Labute approximate surface area is 120 Å². The number of benzene rings is 1. The monoisotopic (exact) mass is 277 g/mol. The fraction of sp³-hybridized carbons (Fsp3) is 0.562. The van der Waals surface area contributed by atoms with Crippen molar-refractivity contribution >= 4 is 5.97 Å². The second-order valence-electron chi connectivity index (χ2n) is 5.42. The van der Waals surface area contributed by atoms with Crippen LogP contribution in [0.3, 0.4) is 0 Å². The molecule has 0 unspecified atom stereocenters. The lowest BCUT2D eigenvalue weighted by atomic mass is 9.94. The van der Waals surface area contributed by atoms with Crippen LogP contribution in [-0.2, 0) is 11.3 Å². The van der Waals surface area contributed by atoms with Crippen LogP contribution in [0.25, 0.3) is 0 Å². The summed E-state index contributed by atoms with van der Waals surface area (Å²) in [5.74, 6) is -0.0990. The zero-order valence-electron chi connectivity index (χ0n) is 12.0. The number of hydrogen-bond donors (Lipinski definition) is 2. The van der Waals surface area contributed by atoms with Crippen molar-refractivity contribution in [3.05, 3.63) is 29.8 Å². The molecular formula is C16H23NO3. The van der Waals surface area contributed by atoms with Crippen LogP contribution in [0.2, 0.25) is 0 Å². The van der Waals surface area contributed by atoms with Crippen molar-refractivity contribution in [1.29, 1.82) is 0 Å². The Morgan fingerprint density at radius 3 is 2.90 bits per heavy atom. The van der Waals surface area contributed by atoms with Crippen LogP contribution in [0, 0.1) is 5.92 Å². The highest BCUT2D eigenvalue weighted by Crippen LogP contribution is 2.24. The first kappa shape index (κ1) is 14.9. The Bertz CT molecular complexity index is 447. The Kier molecular flexibility index (Phi) is 5.41. The molecule has 1 aromatic carbocycles. The molecule has 1 saturated carbocycles. The molecule has 2 atom stereocenters. The number of rotatable bonds is 5. The molecular weight excluding hydrogens is 254 g/mol. The number of ether oxygens (including phenoxy) is 1. The average Bonchev–Trinajstić information content (AvgIpc) is 2.70. The first-order chi connectivity index (χ1) is 9.70. The molecule has 20 heavy (non-hydrogen) atoms. The summed E-state index contributed by atoms with van der Waals surface area (Å²) < 4.78 is 5.20.